The van der Waals surface area contributed by atoms with Crippen LogP contribution in [-0.4, -0.2) is 75.9 Å². The normalized spacial score (nSPS) is 14.5. The maximum absolute atomic E-state index is 12.8. The summed E-state index contributed by atoms with van der Waals surface area (Å²) in [4.78, 5) is 27.6. The van der Waals surface area contributed by atoms with E-state index in [0.29, 0.717) is 19.4 Å². The molecule has 4 atom stereocenters. The predicted molar refractivity (Wildman–Crippen MR) is 180 cm³/mol. The van der Waals surface area contributed by atoms with Gasteiger partial charge in [0.2, 0.25) is 0 Å². The van der Waals surface area contributed by atoms with Crippen LogP contribution in [0.2, 0.25) is 0 Å². The summed E-state index contributed by atoms with van der Waals surface area (Å²) in [5, 5.41) is 29.0. The van der Waals surface area contributed by atoms with Crippen LogP contribution in [0.4, 0.5) is 9.59 Å². The number of carbonyl (C=O) groups excluding carboxylic acids is 2. The molecule has 0 aliphatic heterocycles. The SMILES string of the molecule is CC(C)(C)OC(=O)NC(Cc1ccccc1)C(O)CN(Cc1ccccc1)CC(O)C(Cc1ccccc1)NC(=O)OC(C)(C)C. The second-order valence-corrected chi connectivity index (χ2v) is 13.7. The molecule has 9 heteroatoms. The number of hydrogen-bond acceptors (Lipinski definition) is 7. The van der Waals surface area contributed by atoms with Gasteiger partial charge in [-0.05, 0) is 71.1 Å². The lowest BCUT2D eigenvalue weighted by Crippen LogP contribution is -2.54. The number of rotatable bonds is 14. The van der Waals surface area contributed by atoms with E-state index in [9.17, 15) is 19.8 Å². The minimum atomic E-state index is -1.02. The second-order valence-electron chi connectivity index (χ2n) is 13.7. The monoisotopic (exact) mass is 633 g/mol. The van der Waals surface area contributed by atoms with Gasteiger partial charge in [-0.3, -0.25) is 4.90 Å². The molecule has 0 heterocycles. The lowest BCUT2D eigenvalue weighted by Gasteiger charge is -2.34. The largest absolute Gasteiger partial charge is 0.444 e. The van der Waals surface area contributed by atoms with E-state index in [1.54, 1.807) is 41.5 Å². The molecule has 0 aliphatic carbocycles. The molecule has 0 aromatic heterocycles. The van der Waals surface area contributed by atoms with Crippen molar-refractivity contribution in [3.8, 4) is 0 Å². The van der Waals surface area contributed by atoms with Crippen LogP contribution in [0.15, 0.2) is 91.0 Å². The minimum Gasteiger partial charge on any atom is -0.444 e. The maximum Gasteiger partial charge on any atom is 0.407 e. The molecule has 0 aliphatic rings. The number of carbonyl (C=O) groups is 2. The van der Waals surface area contributed by atoms with Crippen molar-refractivity contribution in [2.75, 3.05) is 13.1 Å². The molecule has 0 radical (unpaired) electrons. The number of aliphatic hydroxyl groups is 2. The van der Waals surface area contributed by atoms with E-state index in [4.69, 9.17) is 9.47 Å². The Hall–Kier alpha value is -3.92. The lowest BCUT2D eigenvalue weighted by atomic mass is 9.99. The molecule has 0 saturated carbocycles. The summed E-state index contributed by atoms with van der Waals surface area (Å²) in [7, 11) is 0. The van der Waals surface area contributed by atoms with Crippen molar-refractivity contribution in [3.63, 3.8) is 0 Å². The fourth-order valence-corrected chi connectivity index (χ4v) is 5.05. The zero-order valence-corrected chi connectivity index (χ0v) is 28.0. The Balaban J connectivity index is 1.85. The Morgan fingerprint density at radius 3 is 1.26 bits per heavy atom. The molecule has 0 fully saturated rings. The van der Waals surface area contributed by atoms with Gasteiger partial charge in [0.25, 0.3) is 0 Å². The molecule has 4 N–H and O–H groups in total. The topological polar surface area (TPSA) is 120 Å². The van der Waals surface area contributed by atoms with Crippen molar-refractivity contribution >= 4 is 12.2 Å². The molecule has 3 aromatic carbocycles. The summed E-state index contributed by atoms with van der Waals surface area (Å²) in [6.07, 6.45) is -2.53. The molecule has 46 heavy (non-hydrogen) atoms. The van der Waals surface area contributed by atoms with Crippen LogP contribution in [0, 0.1) is 0 Å². The highest BCUT2D eigenvalue weighted by Crippen LogP contribution is 2.16. The van der Waals surface area contributed by atoms with Gasteiger partial charge in [-0.25, -0.2) is 9.59 Å². The van der Waals surface area contributed by atoms with Crippen molar-refractivity contribution < 1.29 is 29.3 Å². The molecule has 0 saturated heterocycles. The first-order chi connectivity index (χ1) is 21.7. The van der Waals surface area contributed by atoms with Crippen molar-refractivity contribution in [3.05, 3.63) is 108 Å². The Morgan fingerprint density at radius 1 is 0.609 bits per heavy atom. The summed E-state index contributed by atoms with van der Waals surface area (Å²) >= 11 is 0. The number of nitrogens with one attached hydrogen (secondary N) is 2. The third-order valence-electron chi connectivity index (χ3n) is 7.07. The van der Waals surface area contributed by atoms with Crippen molar-refractivity contribution in [1.29, 1.82) is 0 Å². The fraction of sp³-hybridized carbons (Fsp3) is 0.459. The average molecular weight is 634 g/mol. The van der Waals surface area contributed by atoms with Gasteiger partial charge in [0, 0.05) is 19.6 Å². The smallest absolute Gasteiger partial charge is 0.407 e. The van der Waals surface area contributed by atoms with Gasteiger partial charge >= 0.3 is 12.2 Å². The van der Waals surface area contributed by atoms with Gasteiger partial charge in [-0.15, -0.1) is 0 Å². The third-order valence-corrected chi connectivity index (χ3v) is 7.07. The zero-order chi connectivity index (χ0) is 33.7. The summed E-state index contributed by atoms with van der Waals surface area (Å²) in [6, 6.07) is 27.7. The van der Waals surface area contributed by atoms with Gasteiger partial charge in [-0.2, -0.15) is 0 Å². The number of alkyl carbamates (subject to hydrolysis) is 2. The van der Waals surface area contributed by atoms with Crippen molar-refractivity contribution in [2.24, 2.45) is 0 Å². The molecule has 9 nitrogen and oxygen atoms in total. The lowest BCUT2D eigenvalue weighted by molar-refractivity contribution is 0.0189. The van der Waals surface area contributed by atoms with E-state index >= 15 is 0 Å². The van der Waals surface area contributed by atoms with Crippen LogP contribution >= 0.6 is 0 Å². The summed E-state index contributed by atoms with van der Waals surface area (Å²) in [5.74, 6) is 0. The standard InChI is InChI=1S/C37H51N3O6/c1-36(2,3)45-34(43)38-30(22-27-16-10-7-11-17-27)32(41)25-40(24-29-20-14-9-15-21-29)26-33(42)31(23-28-18-12-8-13-19-28)39-35(44)46-37(4,5)6/h7-21,30-33,41-42H,22-26H2,1-6H3,(H,38,43)(H,39,44). The van der Waals surface area contributed by atoms with Gasteiger partial charge in [0.1, 0.15) is 11.2 Å². The number of ether oxygens (including phenoxy) is 2. The van der Waals surface area contributed by atoms with Gasteiger partial charge in [0.05, 0.1) is 24.3 Å². The van der Waals surface area contributed by atoms with Crippen LogP contribution < -0.4 is 10.6 Å². The summed E-state index contributed by atoms with van der Waals surface area (Å²) in [5.41, 5.74) is 1.47. The summed E-state index contributed by atoms with van der Waals surface area (Å²) < 4.78 is 11.0. The van der Waals surface area contributed by atoms with E-state index in [2.05, 4.69) is 10.6 Å². The van der Waals surface area contributed by atoms with Gasteiger partial charge in [-0.1, -0.05) is 91.0 Å². The molecule has 3 rings (SSSR count). The number of amides is 2. The number of hydrogen-bond donors (Lipinski definition) is 4. The number of aliphatic hydroxyl groups excluding tert-OH is 2. The van der Waals surface area contributed by atoms with Crippen LogP contribution in [0.1, 0.15) is 58.2 Å². The molecule has 2 amide bonds. The molecular formula is C37H51N3O6. The Kier molecular flexibility index (Phi) is 13.6. The fourth-order valence-electron chi connectivity index (χ4n) is 5.05. The first-order valence-corrected chi connectivity index (χ1v) is 15.9. The third kappa shape index (κ3) is 14.0. The molecule has 3 aromatic rings. The van der Waals surface area contributed by atoms with Crippen molar-refractivity contribution in [1.82, 2.24) is 15.5 Å². The maximum atomic E-state index is 12.8. The van der Waals surface area contributed by atoms with E-state index in [-0.39, 0.29) is 13.1 Å². The zero-order valence-electron chi connectivity index (χ0n) is 28.0. The molecule has 0 spiro atoms. The van der Waals surface area contributed by atoms with E-state index in [0.717, 1.165) is 16.7 Å². The van der Waals surface area contributed by atoms with Crippen molar-refractivity contribution in [2.45, 2.75) is 96.4 Å². The highest BCUT2D eigenvalue weighted by Gasteiger charge is 2.30. The van der Waals surface area contributed by atoms with Crippen LogP contribution in [-0.2, 0) is 28.9 Å². The average Bonchev–Trinajstić information content (AvgIpc) is 2.96. The van der Waals surface area contributed by atoms with Crippen LogP contribution in [0.3, 0.4) is 0 Å². The van der Waals surface area contributed by atoms with E-state index < -0.39 is 47.7 Å². The molecule has 0 bridgehead atoms. The van der Waals surface area contributed by atoms with Crippen LogP contribution in [0.25, 0.3) is 0 Å². The van der Waals surface area contributed by atoms with E-state index in [1.807, 2.05) is 95.9 Å². The first-order valence-electron chi connectivity index (χ1n) is 15.9. The van der Waals surface area contributed by atoms with Gasteiger partial charge < -0.3 is 30.3 Å². The number of nitrogens with zero attached hydrogens (tertiary/aromatic N) is 1. The van der Waals surface area contributed by atoms with Gasteiger partial charge in [0.15, 0.2) is 0 Å². The quantitative estimate of drug-likeness (QED) is 0.186. The first kappa shape index (κ1) is 36.5. The van der Waals surface area contributed by atoms with E-state index in [1.165, 1.54) is 0 Å². The molecule has 4 unspecified atom stereocenters. The summed E-state index contributed by atoms with van der Waals surface area (Å²) in [6.45, 7) is 11.4. The number of benzene rings is 3. The molecular weight excluding hydrogens is 582 g/mol. The Morgan fingerprint density at radius 2 is 0.935 bits per heavy atom. The predicted octanol–water partition coefficient (Wildman–Crippen LogP) is 5.48. The highest BCUT2D eigenvalue weighted by atomic mass is 16.6. The Labute approximate surface area is 273 Å². The Bertz CT molecular complexity index is 1240. The highest BCUT2D eigenvalue weighted by molar-refractivity contribution is 5.68. The minimum absolute atomic E-state index is 0.129. The molecule has 250 valence electrons. The van der Waals surface area contributed by atoms with Crippen LogP contribution in [0.5, 0.6) is 0 Å². The second kappa shape index (κ2) is 17.1.